The van der Waals surface area contributed by atoms with E-state index in [0.717, 1.165) is 17.5 Å². The standard InChI is InChI=1S/C15H12F3N3.C6H11N3O/c1-9-10(2)21-14(19-9)8-7-13(20-21)11-5-3-4-6-12(11)15(16,17)18;1-5(7)2-3-6(8)9-4-10/h3-8H,1-2H3;2-4H,7-8H2,1H3,(H,9,10)/b;5-2-,6-3+. The van der Waals surface area contributed by atoms with Gasteiger partial charge in [-0.15, -0.1) is 0 Å². The molecule has 10 heteroatoms. The van der Waals surface area contributed by atoms with E-state index in [4.69, 9.17) is 11.5 Å². The number of allylic oxidation sites excluding steroid dienone is 3. The van der Waals surface area contributed by atoms with Crippen LogP contribution in [0, 0.1) is 13.8 Å². The predicted molar refractivity (Wildman–Crippen MR) is 112 cm³/mol. The highest BCUT2D eigenvalue weighted by molar-refractivity contribution is 5.65. The molecule has 0 aliphatic rings. The molecule has 3 rings (SSSR count). The summed E-state index contributed by atoms with van der Waals surface area (Å²) in [6.45, 7) is 5.40. The quantitative estimate of drug-likeness (QED) is 0.432. The van der Waals surface area contributed by atoms with Gasteiger partial charge in [-0.1, -0.05) is 18.2 Å². The Kier molecular flexibility index (Phi) is 7.41. The number of amides is 1. The lowest BCUT2D eigenvalue weighted by Crippen LogP contribution is -2.17. The molecule has 2 aromatic heterocycles. The van der Waals surface area contributed by atoms with Crippen molar-refractivity contribution in [3.05, 3.63) is 77.0 Å². The van der Waals surface area contributed by atoms with E-state index < -0.39 is 11.7 Å². The Hall–Kier alpha value is -3.82. The second-order valence-corrected chi connectivity index (χ2v) is 6.61. The normalized spacial score (nSPS) is 12.3. The second-order valence-electron chi connectivity index (χ2n) is 6.61. The van der Waals surface area contributed by atoms with E-state index in [9.17, 15) is 18.0 Å². The van der Waals surface area contributed by atoms with Crippen molar-refractivity contribution in [3.8, 4) is 11.3 Å². The molecular weight excluding hydrogens is 409 g/mol. The molecule has 0 unspecified atom stereocenters. The van der Waals surface area contributed by atoms with E-state index in [-0.39, 0.29) is 17.1 Å². The van der Waals surface area contributed by atoms with E-state index in [1.54, 1.807) is 35.7 Å². The molecule has 0 aliphatic carbocycles. The number of hydrogen-bond donors (Lipinski definition) is 3. The van der Waals surface area contributed by atoms with Crippen molar-refractivity contribution in [3.63, 3.8) is 0 Å². The molecule has 3 aromatic rings. The fourth-order valence-corrected chi connectivity index (χ4v) is 2.59. The number of nitrogens with one attached hydrogen (secondary N) is 1. The smallest absolute Gasteiger partial charge is 0.402 e. The maximum absolute atomic E-state index is 13.1. The lowest BCUT2D eigenvalue weighted by Gasteiger charge is -2.12. The van der Waals surface area contributed by atoms with Gasteiger partial charge in [0.1, 0.15) is 5.82 Å². The third-order valence-corrected chi connectivity index (χ3v) is 4.20. The maximum atomic E-state index is 13.1. The Morgan fingerprint density at radius 2 is 1.77 bits per heavy atom. The van der Waals surface area contributed by atoms with Gasteiger partial charge in [0.2, 0.25) is 6.41 Å². The Labute approximate surface area is 177 Å². The van der Waals surface area contributed by atoms with Crippen LogP contribution < -0.4 is 16.8 Å². The van der Waals surface area contributed by atoms with E-state index in [1.165, 1.54) is 18.2 Å². The van der Waals surface area contributed by atoms with Gasteiger partial charge in [-0.05, 0) is 51.1 Å². The van der Waals surface area contributed by atoms with Crippen molar-refractivity contribution in [2.45, 2.75) is 26.9 Å². The van der Waals surface area contributed by atoms with Gasteiger partial charge in [-0.2, -0.15) is 18.3 Å². The number of benzene rings is 1. The molecule has 0 saturated heterocycles. The molecule has 2 heterocycles. The number of nitrogens with two attached hydrogens (primary N) is 2. The van der Waals surface area contributed by atoms with Crippen LogP contribution in [0.3, 0.4) is 0 Å². The van der Waals surface area contributed by atoms with Crippen LogP contribution in [-0.2, 0) is 11.0 Å². The number of carbonyl (C=O) groups is 1. The van der Waals surface area contributed by atoms with Gasteiger partial charge in [0, 0.05) is 11.3 Å². The van der Waals surface area contributed by atoms with Crippen molar-refractivity contribution in [2.75, 3.05) is 0 Å². The first kappa shape index (κ1) is 23.5. The van der Waals surface area contributed by atoms with Crippen molar-refractivity contribution in [2.24, 2.45) is 11.5 Å². The van der Waals surface area contributed by atoms with E-state index in [0.29, 0.717) is 17.8 Å². The molecule has 5 N–H and O–H groups in total. The van der Waals surface area contributed by atoms with Crippen LogP contribution in [0.25, 0.3) is 16.9 Å². The summed E-state index contributed by atoms with van der Waals surface area (Å²) in [7, 11) is 0. The summed E-state index contributed by atoms with van der Waals surface area (Å²) >= 11 is 0. The van der Waals surface area contributed by atoms with Crippen molar-refractivity contribution in [1.82, 2.24) is 19.9 Å². The van der Waals surface area contributed by atoms with Crippen molar-refractivity contribution in [1.29, 1.82) is 0 Å². The zero-order valence-electron chi connectivity index (χ0n) is 17.2. The van der Waals surface area contributed by atoms with Gasteiger partial charge >= 0.3 is 6.18 Å². The monoisotopic (exact) mass is 432 g/mol. The molecule has 0 fully saturated rings. The maximum Gasteiger partial charge on any atom is 0.417 e. The van der Waals surface area contributed by atoms with Crippen LogP contribution in [0.15, 0.2) is 60.1 Å². The van der Waals surface area contributed by atoms with Gasteiger partial charge in [0.15, 0.2) is 5.65 Å². The summed E-state index contributed by atoms with van der Waals surface area (Å²) < 4.78 is 40.8. The van der Waals surface area contributed by atoms with Crippen LogP contribution in [0.1, 0.15) is 23.9 Å². The molecule has 31 heavy (non-hydrogen) atoms. The molecule has 0 spiro atoms. The van der Waals surface area contributed by atoms with Gasteiger partial charge in [0.05, 0.1) is 22.6 Å². The first-order valence-electron chi connectivity index (χ1n) is 9.14. The number of aromatic nitrogens is 3. The molecule has 7 nitrogen and oxygen atoms in total. The zero-order chi connectivity index (χ0) is 23.2. The number of carbonyl (C=O) groups excluding carboxylic acids is 1. The molecule has 0 saturated carbocycles. The number of aryl methyl sites for hydroxylation is 2. The summed E-state index contributed by atoms with van der Waals surface area (Å²) in [4.78, 5) is 14.1. The van der Waals surface area contributed by atoms with Crippen LogP contribution in [0.5, 0.6) is 0 Å². The Balaban J connectivity index is 0.000000291. The topological polar surface area (TPSA) is 111 Å². The highest BCUT2D eigenvalue weighted by atomic mass is 19.4. The molecule has 1 aromatic carbocycles. The van der Waals surface area contributed by atoms with Gasteiger partial charge in [-0.25, -0.2) is 9.50 Å². The molecule has 0 atom stereocenters. The molecular formula is C21H23F3N6O. The van der Waals surface area contributed by atoms with Crippen LogP contribution in [-0.4, -0.2) is 21.0 Å². The summed E-state index contributed by atoms with van der Waals surface area (Å²) in [6.07, 6.45) is -0.784. The predicted octanol–water partition coefficient (Wildman–Crippen LogP) is 3.43. The van der Waals surface area contributed by atoms with E-state index in [1.807, 2.05) is 13.8 Å². The number of nitrogens with zero attached hydrogens (tertiary/aromatic N) is 3. The highest BCUT2D eigenvalue weighted by Gasteiger charge is 2.33. The number of fused-ring (bicyclic) bond motifs is 1. The van der Waals surface area contributed by atoms with Crippen LogP contribution >= 0.6 is 0 Å². The number of imidazole rings is 1. The van der Waals surface area contributed by atoms with Crippen molar-refractivity contribution >= 4 is 12.1 Å². The number of alkyl halides is 3. The van der Waals surface area contributed by atoms with Gasteiger partial charge in [0.25, 0.3) is 0 Å². The third-order valence-electron chi connectivity index (χ3n) is 4.20. The summed E-state index contributed by atoms with van der Waals surface area (Å²) in [6, 6.07) is 8.67. The van der Waals surface area contributed by atoms with Gasteiger partial charge in [-0.3, -0.25) is 4.79 Å². The molecule has 0 bridgehead atoms. The molecule has 0 aliphatic heterocycles. The first-order chi connectivity index (χ1) is 14.5. The van der Waals surface area contributed by atoms with Crippen LogP contribution in [0.2, 0.25) is 0 Å². The van der Waals surface area contributed by atoms with E-state index in [2.05, 4.69) is 15.4 Å². The number of halogens is 3. The Bertz CT molecular complexity index is 1130. The van der Waals surface area contributed by atoms with Gasteiger partial charge < -0.3 is 16.8 Å². The highest BCUT2D eigenvalue weighted by Crippen LogP contribution is 2.36. The van der Waals surface area contributed by atoms with E-state index >= 15 is 0 Å². The number of rotatable bonds is 4. The third kappa shape index (κ3) is 6.08. The molecule has 1 amide bonds. The minimum absolute atomic E-state index is 0.0673. The second kappa shape index (κ2) is 9.79. The van der Waals surface area contributed by atoms with Crippen LogP contribution in [0.4, 0.5) is 13.2 Å². The minimum Gasteiger partial charge on any atom is -0.402 e. The summed E-state index contributed by atoms with van der Waals surface area (Å²) in [5.41, 5.74) is 13.1. The largest absolute Gasteiger partial charge is 0.417 e. The first-order valence-corrected chi connectivity index (χ1v) is 9.14. The summed E-state index contributed by atoms with van der Waals surface area (Å²) in [5.74, 6) is 0.278. The lowest BCUT2D eigenvalue weighted by molar-refractivity contribution is -0.137. The van der Waals surface area contributed by atoms with Crippen molar-refractivity contribution < 1.29 is 18.0 Å². The Morgan fingerprint density at radius 1 is 1.10 bits per heavy atom. The SMILES string of the molecule is C/C(N)=C/C=C(\N)NC=O.Cc1nc2ccc(-c3ccccc3C(F)(F)F)nn2c1C. The molecule has 0 radical (unpaired) electrons. The summed E-state index contributed by atoms with van der Waals surface area (Å²) in [5, 5.41) is 6.55. The lowest BCUT2D eigenvalue weighted by atomic mass is 10.0. The fourth-order valence-electron chi connectivity index (χ4n) is 2.59. The number of hydrogen-bond acceptors (Lipinski definition) is 5. The zero-order valence-corrected chi connectivity index (χ0v) is 17.2. The Morgan fingerprint density at radius 3 is 2.39 bits per heavy atom. The average Bonchev–Trinajstić information content (AvgIpc) is 3.00. The fraction of sp³-hybridized carbons (Fsp3) is 0.190. The molecule has 164 valence electrons. The average molecular weight is 432 g/mol. The minimum atomic E-state index is -4.41.